The summed E-state index contributed by atoms with van der Waals surface area (Å²) in [6, 6.07) is 0. The van der Waals surface area contributed by atoms with Crippen molar-refractivity contribution in [1.29, 1.82) is 0 Å². The number of rotatable bonds is 2. The van der Waals surface area contributed by atoms with Crippen molar-refractivity contribution in [2.24, 2.45) is 23.7 Å². The van der Waals surface area contributed by atoms with E-state index >= 15 is 0 Å². The number of carboxylic acids is 1. The van der Waals surface area contributed by atoms with Gasteiger partial charge in [0, 0.05) is 63.7 Å². The van der Waals surface area contributed by atoms with Gasteiger partial charge in [0.1, 0.15) is 36.6 Å². The van der Waals surface area contributed by atoms with Crippen molar-refractivity contribution in [3.63, 3.8) is 0 Å². The van der Waals surface area contributed by atoms with Gasteiger partial charge < -0.3 is 81.3 Å². The number of hydrogen-bond donors (Lipinski definition) is 2. The highest BCUT2D eigenvalue weighted by molar-refractivity contribution is 5.70. The Kier molecular flexibility index (Phi) is 13.1. The topological polar surface area (TPSA) is 213 Å². The fourth-order valence-corrected chi connectivity index (χ4v) is 18.0. The van der Waals surface area contributed by atoms with Crippen LogP contribution in [0, 0.1) is 23.7 Å². The van der Waals surface area contributed by atoms with Gasteiger partial charge in [0.2, 0.25) is 0 Å². The highest BCUT2D eigenvalue weighted by Gasteiger charge is 2.70. The van der Waals surface area contributed by atoms with E-state index < -0.39 is 72.2 Å². The maximum absolute atomic E-state index is 14.6. The number of fused-ring (bicyclic) bond motifs is 10. The summed E-state index contributed by atoms with van der Waals surface area (Å²) in [5.41, 5.74) is 2.14. The summed E-state index contributed by atoms with van der Waals surface area (Å²) < 4.78 is 103. The fourth-order valence-electron chi connectivity index (χ4n) is 18.0. The van der Waals surface area contributed by atoms with Crippen LogP contribution < -0.4 is 0 Å². The average molecular weight is 1100 g/mol. The molecule has 0 aliphatic carbocycles. The van der Waals surface area contributed by atoms with Crippen LogP contribution in [0.15, 0.2) is 24.3 Å². The number of carbonyl (C=O) groups is 2. The summed E-state index contributed by atoms with van der Waals surface area (Å²) in [4.78, 5) is 26.1. The number of esters is 1. The van der Waals surface area contributed by atoms with Crippen molar-refractivity contribution in [1.82, 2.24) is 0 Å². The normalized spacial score (nSPS) is 58.0. The van der Waals surface area contributed by atoms with Crippen molar-refractivity contribution in [2.45, 2.75) is 307 Å². The summed E-state index contributed by atoms with van der Waals surface area (Å²) >= 11 is 0. The minimum Gasteiger partial charge on any atom is -0.481 e. The lowest BCUT2D eigenvalue weighted by Gasteiger charge is -2.54. The third-order valence-corrected chi connectivity index (χ3v) is 21.6. The Morgan fingerprint density at radius 3 is 2.03 bits per heavy atom. The first-order chi connectivity index (χ1) is 37.4. The fraction of sp³-hybridized carbons (Fsp3) is 0.898. The summed E-state index contributed by atoms with van der Waals surface area (Å²) in [5.74, 6) is -3.99. The number of aliphatic hydroxyl groups excluding tert-OH is 1. The van der Waals surface area contributed by atoms with Gasteiger partial charge in [-0.15, -0.1) is 0 Å². The minimum absolute atomic E-state index is 0.00942. The quantitative estimate of drug-likeness (QED) is 0.252. The van der Waals surface area contributed by atoms with Gasteiger partial charge in [-0.1, -0.05) is 40.9 Å². The van der Waals surface area contributed by atoms with E-state index in [-0.39, 0.29) is 147 Å². The van der Waals surface area contributed by atoms with E-state index in [1.165, 1.54) is 0 Å². The first-order valence-electron chi connectivity index (χ1n) is 30.2. The summed E-state index contributed by atoms with van der Waals surface area (Å²) in [6.45, 7) is 17.7. The van der Waals surface area contributed by atoms with Crippen molar-refractivity contribution in [3.8, 4) is 0 Å². The lowest BCUT2D eigenvalue weighted by atomic mass is 9.78. The zero-order valence-electron chi connectivity index (χ0n) is 45.6. The highest BCUT2D eigenvalue weighted by atomic mass is 16.8. The van der Waals surface area contributed by atoms with Crippen LogP contribution in [0.3, 0.4) is 0 Å². The van der Waals surface area contributed by atoms with Crippen LogP contribution in [0.2, 0.25) is 0 Å². The molecular weight excluding hydrogens is 1010 g/mol. The van der Waals surface area contributed by atoms with Crippen LogP contribution in [0.5, 0.6) is 0 Å². The molecule has 1 unspecified atom stereocenters. The zero-order valence-corrected chi connectivity index (χ0v) is 45.6. The molecule has 16 aliphatic rings. The molecule has 16 aliphatic heterocycles. The molecule has 19 nitrogen and oxygen atoms in total. The smallest absolute Gasteiger partial charge is 0.308 e. The SMILES string of the molecule is C=C1C[C@@H]2CC[C@@]34C[C@@H]5O[C@@H]6C(O[C@H]7CC[C@H](CC(=O)O[C@@H]8[C@@H](C)[C@@H]9O[C@@H]%10C[C@]%11(C[C@@H]%12O[C@]%13(C[C@H](C)[C@@H]%14O[C@H](CC(=O)O)[C@H](O)C[C@@H]%14O%13)C[C@H](C)[C@@H]%12O%11)O[C@@H]%10C[C@@H]9O[C@H]8C[C@H]8O[C@@H](CC[C@@H]1O2)C[C@@H](C)C8=C)O[C@@H]7[C@@H]6O3)[C@H]5O4. The van der Waals surface area contributed by atoms with Crippen molar-refractivity contribution < 1.29 is 90.9 Å². The summed E-state index contributed by atoms with van der Waals surface area (Å²) in [6.07, 6.45) is 1.76. The minimum atomic E-state index is -1.00. The molecule has 19 heteroatoms. The van der Waals surface area contributed by atoms with Crippen LogP contribution in [-0.4, -0.2) is 186 Å². The molecule has 432 valence electrons. The molecule has 0 radical (unpaired) electrons. The van der Waals surface area contributed by atoms with E-state index in [1.807, 2.05) is 0 Å². The number of aliphatic carboxylic acids is 1. The van der Waals surface area contributed by atoms with Crippen molar-refractivity contribution in [3.05, 3.63) is 24.3 Å². The average Bonchev–Trinajstić information content (AvgIpc) is 4.15. The van der Waals surface area contributed by atoms with Gasteiger partial charge in [0.15, 0.2) is 17.4 Å². The summed E-state index contributed by atoms with van der Waals surface area (Å²) in [5, 5.41) is 20.4. The predicted molar refractivity (Wildman–Crippen MR) is 268 cm³/mol. The monoisotopic (exact) mass is 1090 g/mol. The standard InChI is InChI=1S/C59H82O19/c1-25-13-31-7-9-35-26(2)14-33(64-35)11-12-57-23-44-53(77-57)54-55(71-44)56(78-57)52-36(68-54)10-8-32(66-52)15-47(63)72-51-30(6)50-41(67-40(51)17-37(65-31)29(25)5)18-39-43(70-50)22-59(73-39)24-45-49(76-59)28(4)21-58(75-45)20-27(3)48-42(74-58)16-34(60)38(69-48)19-46(61)62/h25,27-28,30-45,48-56,60H,2,5,7-24H2,1,3-4,6H3,(H,61,62)/t25-,27+,28+,30+,31+,32-,33+,34-,35+,36+,37-,38-,39-,40+,41+,42+,43-,44+,45+,48+,49+,50+,51-,52+,53+,54?,55-,56+,57+,58-,59+/m1/s1. The van der Waals surface area contributed by atoms with E-state index in [0.29, 0.717) is 64.2 Å². The molecule has 0 aromatic rings. The largest absolute Gasteiger partial charge is 0.481 e. The zero-order chi connectivity index (χ0) is 53.3. The molecule has 0 amide bonds. The van der Waals surface area contributed by atoms with Crippen LogP contribution in [0.25, 0.3) is 0 Å². The lowest BCUT2D eigenvalue weighted by molar-refractivity contribution is -0.371. The maximum atomic E-state index is 14.6. The van der Waals surface area contributed by atoms with Gasteiger partial charge in [-0.3, -0.25) is 9.59 Å². The van der Waals surface area contributed by atoms with Gasteiger partial charge in [-0.25, -0.2) is 0 Å². The molecule has 0 aromatic heterocycles. The van der Waals surface area contributed by atoms with Gasteiger partial charge >= 0.3 is 11.9 Å². The van der Waals surface area contributed by atoms with Crippen LogP contribution in [0.4, 0.5) is 0 Å². The van der Waals surface area contributed by atoms with E-state index in [2.05, 4.69) is 40.9 Å². The molecule has 16 saturated heterocycles. The first kappa shape index (κ1) is 52.6. The predicted octanol–water partition coefficient (Wildman–Crippen LogP) is 5.66. The second kappa shape index (κ2) is 19.4. The van der Waals surface area contributed by atoms with E-state index in [9.17, 15) is 19.8 Å². The molecule has 2 N–H and O–H groups in total. The summed E-state index contributed by atoms with van der Waals surface area (Å²) in [7, 11) is 0. The molecule has 0 saturated carbocycles. The Bertz CT molecular complexity index is 2370. The van der Waals surface area contributed by atoms with Gasteiger partial charge in [-0.05, 0) is 73.8 Å². The van der Waals surface area contributed by atoms with E-state index in [4.69, 9.17) is 71.1 Å². The maximum Gasteiger partial charge on any atom is 0.308 e. The number of carboxylic acid groups (broad SMARTS) is 1. The third kappa shape index (κ3) is 8.98. The lowest BCUT2D eigenvalue weighted by Crippen LogP contribution is -2.62. The molecule has 16 fully saturated rings. The Labute approximate surface area is 456 Å². The molecule has 0 aromatic carbocycles. The van der Waals surface area contributed by atoms with Gasteiger partial charge in [0.05, 0.1) is 123 Å². The molecule has 16 heterocycles. The molecule has 12 bridgehead atoms. The van der Waals surface area contributed by atoms with Crippen molar-refractivity contribution in [2.75, 3.05) is 0 Å². The van der Waals surface area contributed by atoms with Crippen LogP contribution >= 0.6 is 0 Å². The Hall–Kier alpha value is -2.18. The third-order valence-electron chi connectivity index (χ3n) is 21.6. The van der Waals surface area contributed by atoms with E-state index in [1.54, 1.807) is 0 Å². The first-order valence-corrected chi connectivity index (χ1v) is 30.2. The van der Waals surface area contributed by atoms with Gasteiger partial charge in [0.25, 0.3) is 0 Å². The Balaban J connectivity index is 0.661. The number of aliphatic hydroxyl groups is 1. The number of carbonyl (C=O) groups excluding carboxylic acids is 1. The molecular formula is C59H82O19. The molecule has 16 rings (SSSR count). The molecule has 3 spiro atoms. The Morgan fingerprint density at radius 2 is 1.18 bits per heavy atom. The Morgan fingerprint density at radius 1 is 0.513 bits per heavy atom. The number of ether oxygens (including phenoxy) is 15. The van der Waals surface area contributed by atoms with Crippen LogP contribution in [-0.2, 0) is 80.6 Å². The van der Waals surface area contributed by atoms with Gasteiger partial charge in [-0.2, -0.15) is 0 Å². The molecule has 78 heavy (non-hydrogen) atoms. The molecule has 31 atom stereocenters. The second-order valence-corrected chi connectivity index (χ2v) is 27.1. The highest BCUT2D eigenvalue weighted by Crippen LogP contribution is 2.58. The van der Waals surface area contributed by atoms with E-state index in [0.717, 1.165) is 43.3 Å². The van der Waals surface area contributed by atoms with Crippen molar-refractivity contribution >= 4 is 11.9 Å². The second-order valence-electron chi connectivity index (χ2n) is 27.1. The van der Waals surface area contributed by atoms with Crippen LogP contribution in [0.1, 0.15) is 143 Å². The number of hydrogen-bond acceptors (Lipinski definition) is 18.